The SMILES string of the molecule is Cn1c(-c2cc3c(cc2O)oc2ccccc23)nc2c(-c3nc4c(c5ccccc35)CCc3ccccc3-4)cccc21. The van der Waals surface area contributed by atoms with E-state index in [0.717, 1.165) is 62.6 Å². The highest BCUT2D eigenvalue weighted by Crippen LogP contribution is 2.43. The van der Waals surface area contributed by atoms with E-state index in [4.69, 9.17) is 14.4 Å². The Morgan fingerprint density at radius 1 is 0.643 bits per heavy atom. The largest absolute Gasteiger partial charge is 0.507 e. The average molecular weight is 544 g/mol. The third-order valence-electron chi connectivity index (χ3n) is 8.84. The molecule has 0 bridgehead atoms. The summed E-state index contributed by atoms with van der Waals surface area (Å²) in [6.07, 6.45) is 2.00. The third kappa shape index (κ3) is 3.19. The van der Waals surface area contributed by atoms with Crippen LogP contribution in [0.25, 0.3) is 77.6 Å². The monoisotopic (exact) mass is 543 g/mol. The quantitative estimate of drug-likeness (QED) is 0.237. The second-order valence-electron chi connectivity index (χ2n) is 11.1. The lowest BCUT2D eigenvalue weighted by Gasteiger charge is -2.22. The number of aromatic hydroxyl groups is 1. The molecule has 8 aromatic rings. The number of nitrogens with zero attached hydrogens (tertiary/aromatic N) is 3. The Kier molecular flexibility index (Phi) is 4.74. The van der Waals surface area contributed by atoms with Gasteiger partial charge in [0.25, 0.3) is 0 Å². The molecule has 0 atom stereocenters. The van der Waals surface area contributed by atoms with Gasteiger partial charge in [0.1, 0.15) is 22.7 Å². The van der Waals surface area contributed by atoms with Crippen molar-refractivity contribution in [3.05, 3.63) is 114 Å². The Morgan fingerprint density at radius 2 is 1.40 bits per heavy atom. The number of hydrogen-bond donors (Lipinski definition) is 1. The number of imidazole rings is 1. The van der Waals surface area contributed by atoms with E-state index in [1.54, 1.807) is 6.07 Å². The van der Waals surface area contributed by atoms with Crippen molar-refractivity contribution >= 4 is 43.7 Å². The molecule has 1 aliphatic rings. The fourth-order valence-electron chi connectivity index (χ4n) is 6.82. The second-order valence-corrected chi connectivity index (χ2v) is 11.1. The molecule has 3 heterocycles. The van der Waals surface area contributed by atoms with Crippen molar-refractivity contribution in [1.82, 2.24) is 14.5 Å². The Morgan fingerprint density at radius 3 is 2.31 bits per heavy atom. The fourth-order valence-corrected chi connectivity index (χ4v) is 6.82. The van der Waals surface area contributed by atoms with E-state index in [-0.39, 0.29) is 5.75 Å². The molecule has 0 amide bonds. The summed E-state index contributed by atoms with van der Waals surface area (Å²) in [4.78, 5) is 10.6. The summed E-state index contributed by atoms with van der Waals surface area (Å²) in [7, 11) is 2.00. The normalized spacial score (nSPS) is 12.8. The molecule has 0 radical (unpaired) electrons. The molecule has 0 saturated heterocycles. The minimum Gasteiger partial charge on any atom is -0.507 e. The number of aryl methyl sites for hydroxylation is 3. The average Bonchev–Trinajstić information content (AvgIpc) is 3.56. The second kappa shape index (κ2) is 8.54. The summed E-state index contributed by atoms with van der Waals surface area (Å²) >= 11 is 0. The summed E-state index contributed by atoms with van der Waals surface area (Å²) in [5, 5.41) is 15.5. The maximum Gasteiger partial charge on any atom is 0.144 e. The number of para-hydroxylation sites is 2. The standard InChI is InChI=1S/C37H25N3O2/c1-40-30-15-8-14-27(35-25-13-5-4-11-23(25)26-18-17-21-9-2-3-10-22(21)34(26)38-35)36(30)39-37(40)29-19-28-24-12-6-7-16-32(24)42-33(28)20-31(29)41/h2-16,19-20,41H,17-18H2,1H3. The number of benzene rings is 5. The van der Waals surface area contributed by atoms with Crippen LogP contribution in [0.4, 0.5) is 0 Å². The number of fused-ring (bicyclic) bond motifs is 9. The van der Waals surface area contributed by atoms with Crippen LogP contribution >= 0.6 is 0 Å². The Balaban J connectivity index is 1.31. The molecular formula is C37H25N3O2. The first-order valence-corrected chi connectivity index (χ1v) is 14.3. The van der Waals surface area contributed by atoms with E-state index in [0.29, 0.717) is 17.0 Å². The van der Waals surface area contributed by atoms with Crippen LogP contribution < -0.4 is 0 Å². The van der Waals surface area contributed by atoms with Crippen LogP contribution in [0.15, 0.2) is 108 Å². The lowest BCUT2D eigenvalue weighted by Crippen LogP contribution is -2.07. The van der Waals surface area contributed by atoms with E-state index >= 15 is 0 Å². The first-order valence-electron chi connectivity index (χ1n) is 14.3. The molecule has 0 fully saturated rings. The maximum absolute atomic E-state index is 11.2. The Labute approximate surface area is 241 Å². The summed E-state index contributed by atoms with van der Waals surface area (Å²) in [6.45, 7) is 0. The van der Waals surface area contributed by atoms with Gasteiger partial charge in [-0.2, -0.15) is 0 Å². The van der Waals surface area contributed by atoms with Crippen LogP contribution in [0.5, 0.6) is 5.75 Å². The van der Waals surface area contributed by atoms with Crippen LogP contribution in [0, 0.1) is 0 Å². The van der Waals surface area contributed by atoms with Gasteiger partial charge in [0, 0.05) is 40.4 Å². The molecule has 1 N–H and O–H groups in total. The smallest absolute Gasteiger partial charge is 0.144 e. The van der Waals surface area contributed by atoms with Gasteiger partial charge in [-0.1, -0.05) is 78.9 Å². The molecule has 0 spiro atoms. The van der Waals surface area contributed by atoms with Gasteiger partial charge in [-0.05, 0) is 47.6 Å². The summed E-state index contributed by atoms with van der Waals surface area (Å²) in [5.74, 6) is 0.824. The molecule has 0 unspecified atom stereocenters. The van der Waals surface area contributed by atoms with Crippen molar-refractivity contribution < 1.29 is 9.52 Å². The van der Waals surface area contributed by atoms with Gasteiger partial charge in [0.05, 0.1) is 28.0 Å². The summed E-state index contributed by atoms with van der Waals surface area (Å²) in [6, 6.07) is 35.1. The molecule has 3 aromatic heterocycles. The van der Waals surface area contributed by atoms with Crippen LogP contribution in [0.3, 0.4) is 0 Å². The maximum atomic E-state index is 11.2. The fraction of sp³-hybridized carbons (Fsp3) is 0.0811. The molecule has 42 heavy (non-hydrogen) atoms. The highest BCUT2D eigenvalue weighted by molar-refractivity contribution is 6.08. The zero-order chi connectivity index (χ0) is 27.9. The summed E-state index contributed by atoms with van der Waals surface area (Å²) in [5.41, 5.74) is 10.8. The first-order chi connectivity index (χ1) is 20.7. The van der Waals surface area contributed by atoms with Gasteiger partial charge in [-0.3, -0.25) is 0 Å². The number of phenols is 1. The van der Waals surface area contributed by atoms with E-state index in [2.05, 4.69) is 71.3 Å². The number of furan rings is 1. The number of phenolic OH excluding ortho intramolecular Hbond substituents is 1. The topological polar surface area (TPSA) is 64.1 Å². The highest BCUT2D eigenvalue weighted by Gasteiger charge is 2.24. The van der Waals surface area contributed by atoms with Gasteiger partial charge in [0.2, 0.25) is 0 Å². The number of rotatable bonds is 2. The molecular weight excluding hydrogens is 518 g/mol. The Hall–Kier alpha value is -5.42. The van der Waals surface area contributed by atoms with Gasteiger partial charge in [-0.25, -0.2) is 9.97 Å². The molecule has 1 aliphatic carbocycles. The van der Waals surface area contributed by atoms with Crippen molar-refractivity contribution in [2.75, 3.05) is 0 Å². The van der Waals surface area contributed by atoms with Gasteiger partial charge in [-0.15, -0.1) is 0 Å². The molecule has 0 aliphatic heterocycles. The van der Waals surface area contributed by atoms with E-state index in [1.807, 2.05) is 37.4 Å². The van der Waals surface area contributed by atoms with Crippen LogP contribution in [-0.2, 0) is 19.9 Å². The molecule has 5 nitrogen and oxygen atoms in total. The number of aromatic nitrogens is 3. The number of pyridine rings is 1. The van der Waals surface area contributed by atoms with Crippen molar-refractivity contribution in [1.29, 1.82) is 0 Å². The van der Waals surface area contributed by atoms with Crippen molar-refractivity contribution in [2.45, 2.75) is 12.8 Å². The molecule has 0 saturated carbocycles. The predicted molar refractivity (Wildman–Crippen MR) is 169 cm³/mol. The lowest BCUT2D eigenvalue weighted by molar-refractivity contribution is 0.476. The molecule has 5 heteroatoms. The van der Waals surface area contributed by atoms with Crippen LogP contribution in [0.1, 0.15) is 11.1 Å². The summed E-state index contributed by atoms with van der Waals surface area (Å²) < 4.78 is 8.06. The minimum absolute atomic E-state index is 0.135. The van der Waals surface area contributed by atoms with E-state index in [1.165, 1.54) is 22.1 Å². The lowest BCUT2D eigenvalue weighted by atomic mass is 9.85. The molecule has 9 rings (SSSR count). The first kappa shape index (κ1) is 23.3. The van der Waals surface area contributed by atoms with Crippen molar-refractivity contribution in [3.8, 4) is 39.7 Å². The number of hydrogen-bond acceptors (Lipinski definition) is 4. The minimum atomic E-state index is 0.135. The van der Waals surface area contributed by atoms with Gasteiger partial charge in [0.15, 0.2) is 0 Å². The van der Waals surface area contributed by atoms with Crippen molar-refractivity contribution in [2.24, 2.45) is 7.05 Å². The highest BCUT2D eigenvalue weighted by atomic mass is 16.3. The van der Waals surface area contributed by atoms with Crippen LogP contribution in [-0.4, -0.2) is 19.6 Å². The van der Waals surface area contributed by atoms with Gasteiger partial charge >= 0.3 is 0 Å². The predicted octanol–water partition coefficient (Wildman–Crippen LogP) is 8.83. The zero-order valence-electron chi connectivity index (χ0n) is 22.9. The molecule has 200 valence electrons. The third-order valence-corrected chi connectivity index (χ3v) is 8.84. The van der Waals surface area contributed by atoms with E-state index in [9.17, 15) is 5.11 Å². The zero-order valence-corrected chi connectivity index (χ0v) is 22.9. The van der Waals surface area contributed by atoms with Crippen molar-refractivity contribution in [3.63, 3.8) is 0 Å². The van der Waals surface area contributed by atoms with Crippen LogP contribution in [0.2, 0.25) is 0 Å². The Bertz CT molecular complexity index is 2400. The van der Waals surface area contributed by atoms with Gasteiger partial charge < -0.3 is 14.1 Å². The van der Waals surface area contributed by atoms with E-state index < -0.39 is 0 Å². The molecule has 5 aromatic carbocycles.